The van der Waals surface area contributed by atoms with Crippen LogP contribution in [0.25, 0.3) is 0 Å². The lowest BCUT2D eigenvalue weighted by Gasteiger charge is -2.07. The molecule has 18 heavy (non-hydrogen) atoms. The van der Waals surface area contributed by atoms with E-state index >= 15 is 0 Å². The fourth-order valence-corrected chi connectivity index (χ4v) is 2.05. The summed E-state index contributed by atoms with van der Waals surface area (Å²) in [7, 11) is 0. The molecule has 4 nitrogen and oxygen atoms in total. The van der Waals surface area contributed by atoms with Crippen molar-refractivity contribution in [2.75, 3.05) is 18.1 Å². The van der Waals surface area contributed by atoms with Crippen molar-refractivity contribution in [3.05, 3.63) is 30.1 Å². The highest BCUT2D eigenvalue weighted by molar-refractivity contribution is 7.99. The fourth-order valence-electron chi connectivity index (χ4n) is 1.16. The number of benzene rings is 1. The van der Waals surface area contributed by atoms with E-state index < -0.39 is 12.0 Å². The van der Waals surface area contributed by atoms with Crippen LogP contribution in [0.3, 0.4) is 0 Å². The third-order valence-electron chi connectivity index (χ3n) is 2.13. The van der Waals surface area contributed by atoms with Gasteiger partial charge >= 0.3 is 5.97 Å². The van der Waals surface area contributed by atoms with Gasteiger partial charge in [0.15, 0.2) is 0 Å². The van der Waals surface area contributed by atoms with Gasteiger partial charge in [0, 0.05) is 5.75 Å². The Morgan fingerprint density at radius 2 is 2.11 bits per heavy atom. The Hall–Kier alpha value is -1.27. The molecule has 0 bridgehead atoms. The first-order valence-electron chi connectivity index (χ1n) is 5.54. The first kappa shape index (κ1) is 14.8. The van der Waals surface area contributed by atoms with Crippen molar-refractivity contribution in [3.63, 3.8) is 0 Å². The quantitative estimate of drug-likeness (QED) is 0.706. The number of carboxylic acids is 1. The van der Waals surface area contributed by atoms with E-state index in [1.807, 2.05) is 0 Å². The largest absolute Gasteiger partial charge is 0.494 e. The normalized spacial score (nSPS) is 12.1. The van der Waals surface area contributed by atoms with Crippen LogP contribution in [0, 0.1) is 5.82 Å². The number of nitrogens with two attached hydrogens (primary N) is 1. The Morgan fingerprint density at radius 1 is 1.44 bits per heavy atom. The van der Waals surface area contributed by atoms with Gasteiger partial charge in [-0.2, -0.15) is 11.8 Å². The van der Waals surface area contributed by atoms with Crippen molar-refractivity contribution >= 4 is 17.7 Å². The first-order valence-corrected chi connectivity index (χ1v) is 6.69. The lowest BCUT2D eigenvalue weighted by Crippen LogP contribution is -2.32. The molecule has 1 rings (SSSR count). The molecular weight excluding hydrogens is 257 g/mol. The Kier molecular flexibility index (Phi) is 6.53. The molecule has 0 aromatic heterocycles. The maximum atomic E-state index is 12.6. The van der Waals surface area contributed by atoms with Gasteiger partial charge in [-0.05, 0) is 36.4 Å². The van der Waals surface area contributed by atoms with Gasteiger partial charge in [-0.25, -0.2) is 4.39 Å². The highest BCUT2D eigenvalue weighted by Crippen LogP contribution is 2.12. The highest BCUT2D eigenvalue weighted by atomic mass is 32.2. The summed E-state index contributed by atoms with van der Waals surface area (Å²) in [6.07, 6.45) is 0.786. The van der Waals surface area contributed by atoms with Crippen molar-refractivity contribution < 1.29 is 19.0 Å². The minimum Gasteiger partial charge on any atom is -0.494 e. The molecule has 0 aliphatic heterocycles. The zero-order valence-electron chi connectivity index (χ0n) is 9.84. The monoisotopic (exact) mass is 273 g/mol. The zero-order valence-corrected chi connectivity index (χ0v) is 10.7. The average molecular weight is 273 g/mol. The van der Waals surface area contributed by atoms with Crippen molar-refractivity contribution in [3.8, 4) is 5.75 Å². The van der Waals surface area contributed by atoms with Crippen molar-refractivity contribution in [1.29, 1.82) is 0 Å². The van der Waals surface area contributed by atoms with Crippen molar-refractivity contribution in [2.24, 2.45) is 5.73 Å². The lowest BCUT2D eigenvalue weighted by molar-refractivity contribution is -0.137. The average Bonchev–Trinajstić information content (AvgIpc) is 2.35. The number of carboxylic acid groups (broad SMARTS) is 1. The summed E-state index contributed by atoms with van der Waals surface area (Å²) in [5, 5.41) is 8.56. The summed E-state index contributed by atoms with van der Waals surface area (Å²) in [6.45, 7) is 0.515. The van der Waals surface area contributed by atoms with Gasteiger partial charge in [0.25, 0.3) is 0 Å². The van der Waals surface area contributed by atoms with E-state index in [9.17, 15) is 9.18 Å². The molecule has 1 aromatic rings. The third-order valence-corrected chi connectivity index (χ3v) is 3.30. The number of rotatable bonds is 8. The van der Waals surface area contributed by atoms with Crippen LogP contribution >= 0.6 is 11.8 Å². The number of hydrogen-bond acceptors (Lipinski definition) is 4. The van der Waals surface area contributed by atoms with E-state index in [-0.39, 0.29) is 5.82 Å². The zero-order chi connectivity index (χ0) is 13.4. The number of halogens is 1. The predicted octanol–water partition coefficient (Wildman–Crippen LogP) is 1.74. The van der Waals surface area contributed by atoms with E-state index in [0.29, 0.717) is 18.1 Å². The second kappa shape index (κ2) is 7.94. The maximum Gasteiger partial charge on any atom is 0.321 e. The molecule has 0 unspecified atom stereocenters. The van der Waals surface area contributed by atoms with Crippen LogP contribution in [-0.2, 0) is 4.79 Å². The van der Waals surface area contributed by atoms with Gasteiger partial charge in [-0.15, -0.1) is 0 Å². The van der Waals surface area contributed by atoms with Crippen LogP contribution in [-0.4, -0.2) is 35.2 Å². The first-order chi connectivity index (χ1) is 8.59. The molecule has 1 aromatic carbocycles. The molecule has 0 saturated heterocycles. The molecule has 6 heteroatoms. The fraction of sp³-hybridized carbons (Fsp3) is 0.417. The van der Waals surface area contributed by atoms with Gasteiger partial charge in [0.1, 0.15) is 17.6 Å². The van der Waals surface area contributed by atoms with Crippen LogP contribution < -0.4 is 10.5 Å². The number of aliphatic carboxylic acids is 1. The molecule has 0 aliphatic rings. The molecule has 0 saturated carbocycles. The SMILES string of the molecule is N[C@@H](CSCCCOc1ccc(F)cc1)C(=O)O. The molecule has 0 spiro atoms. The van der Waals surface area contributed by atoms with Gasteiger partial charge in [0.05, 0.1) is 6.61 Å². The molecule has 0 radical (unpaired) electrons. The van der Waals surface area contributed by atoms with Gasteiger partial charge < -0.3 is 15.6 Å². The molecule has 0 heterocycles. The van der Waals surface area contributed by atoms with Crippen molar-refractivity contribution in [2.45, 2.75) is 12.5 Å². The standard InChI is InChI=1S/C12H16FNO3S/c13-9-2-4-10(5-3-9)17-6-1-7-18-8-11(14)12(15)16/h2-5,11H,1,6-8,14H2,(H,15,16)/t11-/m0/s1. The molecular formula is C12H16FNO3S. The number of carbonyl (C=O) groups is 1. The second-order valence-corrected chi connectivity index (χ2v) is 4.83. The summed E-state index contributed by atoms with van der Waals surface area (Å²) in [5.74, 6) is 0.530. The predicted molar refractivity (Wildman–Crippen MR) is 69.4 cm³/mol. The minimum absolute atomic E-state index is 0.291. The molecule has 1 atom stereocenters. The topological polar surface area (TPSA) is 72.5 Å². The summed E-state index contributed by atoms with van der Waals surface area (Å²) < 4.78 is 18.0. The van der Waals surface area contributed by atoms with Crippen LogP contribution in [0.4, 0.5) is 4.39 Å². The lowest BCUT2D eigenvalue weighted by atomic mass is 10.3. The molecule has 0 amide bonds. The molecule has 100 valence electrons. The van der Waals surface area contributed by atoms with Gasteiger partial charge in [-0.3, -0.25) is 4.79 Å². The number of ether oxygens (including phenoxy) is 1. The van der Waals surface area contributed by atoms with E-state index in [0.717, 1.165) is 12.2 Å². The summed E-state index contributed by atoms with van der Waals surface area (Å²) in [4.78, 5) is 10.4. The second-order valence-electron chi connectivity index (χ2n) is 3.68. The van der Waals surface area contributed by atoms with Gasteiger partial charge in [0.2, 0.25) is 0 Å². The number of thioether (sulfide) groups is 1. The van der Waals surface area contributed by atoms with Crippen LogP contribution in [0.1, 0.15) is 6.42 Å². The molecule has 0 aliphatic carbocycles. The minimum atomic E-state index is -0.981. The summed E-state index contributed by atoms with van der Waals surface area (Å²) >= 11 is 1.48. The highest BCUT2D eigenvalue weighted by Gasteiger charge is 2.10. The van der Waals surface area contributed by atoms with Crippen LogP contribution in [0.5, 0.6) is 5.75 Å². The molecule has 0 fully saturated rings. The summed E-state index contributed by atoms with van der Waals surface area (Å²) in [5.41, 5.74) is 5.35. The smallest absolute Gasteiger partial charge is 0.321 e. The Bertz CT molecular complexity index is 372. The number of hydrogen-bond donors (Lipinski definition) is 2. The van der Waals surface area contributed by atoms with Crippen LogP contribution in [0.15, 0.2) is 24.3 Å². The molecule has 3 N–H and O–H groups in total. The van der Waals surface area contributed by atoms with Crippen LogP contribution in [0.2, 0.25) is 0 Å². The van der Waals surface area contributed by atoms with E-state index in [1.54, 1.807) is 12.1 Å². The maximum absolute atomic E-state index is 12.6. The third kappa shape index (κ3) is 5.88. The van der Waals surface area contributed by atoms with Gasteiger partial charge in [-0.1, -0.05) is 0 Å². The summed E-state index contributed by atoms with van der Waals surface area (Å²) in [6, 6.07) is 5.02. The van der Waals surface area contributed by atoms with E-state index in [2.05, 4.69) is 0 Å². The van der Waals surface area contributed by atoms with Crippen molar-refractivity contribution in [1.82, 2.24) is 0 Å². The van der Waals surface area contributed by atoms with E-state index in [1.165, 1.54) is 23.9 Å². The Labute approximate surface area is 109 Å². The Balaban J connectivity index is 2.05. The Morgan fingerprint density at radius 3 is 2.72 bits per heavy atom. The van der Waals surface area contributed by atoms with E-state index in [4.69, 9.17) is 15.6 Å².